The Balaban J connectivity index is 1.32. The van der Waals surface area contributed by atoms with Crippen molar-refractivity contribution in [2.75, 3.05) is 18.4 Å². The second kappa shape index (κ2) is 7.08. The van der Waals surface area contributed by atoms with Gasteiger partial charge in [-0.25, -0.2) is 9.78 Å². The Hall–Kier alpha value is -2.42. The fourth-order valence-electron chi connectivity index (χ4n) is 5.09. The normalized spacial score (nSPS) is 27.4. The molecule has 2 N–H and O–H groups in total. The predicted molar refractivity (Wildman–Crippen MR) is 113 cm³/mol. The molecule has 0 aliphatic carbocycles. The van der Waals surface area contributed by atoms with E-state index in [1.807, 2.05) is 29.5 Å². The lowest BCUT2D eigenvalue weighted by Gasteiger charge is -2.43. The third kappa shape index (κ3) is 3.29. The van der Waals surface area contributed by atoms with Crippen molar-refractivity contribution in [1.29, 1.82) is 0 Å². The van der Waals surface area contributed by atoms with E-state index in [0.29, 0.717) is 5.92 Å². The average Bonchev–Trinajstić information content (AvgIpc) is 3.19. The molecule has 9 heteroatoms. The predicted octanol–water partition coefficient (Wildman–Crippen LogP) is 2.46. The summed E-state index contributed by atoms with van der Waals surface area (Å²) in [4.78, 5) is 24.1. The summed E-state index contributed by atoms with van der Waals surface area (Å²) in [6.45, 7) is 9.67. The third-order valence-electron chi connectivity index (χ3n) is 6.74. The van der Waals surface area contributed by atoms with Crippen LogP contribution in [0.4, 0.5) is 10.7 Å². The van der Waals surface area contributed by atoms with E-state index in [1.54, 1.807) is 0 Å². The zero-order valence-corrected chi connectivity index (χ0v) is 18.2. The van der Waals surface area contributed by atoms with E-state index in [9.17, 15) is 4.79 Å². The van der Waals surface area contributed by atoms with Crippen LogP contribution in [0.15, 0.2) is 6.20 Å². The number of carbonyl (C=O) groups is 1. The molecule has 2 aromatic rings. The Morgan fingerprint density at radius 3 is 2.57 bits per heavy atom. The number of aryl methyl sites for hydroxylation is 1. The molecule has 5 rings (SSSR count). The summed E-state index contributed by atoms with van der Waals surface area (Å²) in [7, 11) is 0. The minimum atomic E-state index is -0.357. The second-order valence-corrected chi connectivity index (χ2v) is 9.61. The molecule has 3 aliphatic rings. The van der Waals surface area contributed by atoms with Crippen molar-refractivity contribution in [3.8, 4) is 0 Å². The molecule has 3 fully saturated rings. The number of fused-ring (bicyclic) bond motifs is 3. The molecule has 0 spiro atoms. The zero-order valence-electron chi connectivity index (χ0n) is 18.2. The lowest BCUT2D eigenvalue weighted by molar-refractivity contribution is -0.0405. The van der Waals surface area contributed by atoms with E-state index in [-0.39, 0.29) is 29.8 Å². The summed E-state index contributed by atoms with van der Waals surface area (Å²) >= 11 is 0. The highest BCUT2D eigenvalue weighted by atomic mass is 16.6. The molecule has 5 heterocycles. The molecule has 30 heavy (non-hydrogen) atoms. The summed E-state index contributed by atoms with van der Waals surface area (Å²) < 4.78 is 7.63. The van der Waals surface area contributed by atoms with Crippen LogP contribution in [-0.4, -0.2) is 67.4 Å². The summed E-state index contributed by atoms with van der Waals surface area (Å²) in [6.07, 6.45) is 5.58. The number of piperidine rings is 1. The van der Waals surface area contributed by atoms with Gasteiger partial charge in [0.05, 0.1) is 6.20 Å². The first-order chi connectivity index (χ1) is 14.3. The van der Waals surface area contributed by atoms with Gasteiger partial charge in [0.15, 0.2) is 5.65 Å². The van der Waals surface area contributed by atoms with Crippen LogP contribution in [0.2, 0.25) is 0 Å². The fraction of sp³-hybridized carbons (Fsp3) is 0.714. The Morgan fingerprint density at radius 1 is 1.27 bits per heavy atom. The maximum Gasteiger partial charge on any atom is 0.410 e. The van der Waals surface area contributed by atoms with Crippen molar-refractivity contribution in [1.82, 2.24) is 29.8 Å². The van der Waals surface area contributed by atoms with Crippen LogP contribution < -0.4 is 10.6 Å². The van der Waals surface area contributed by atoms with Gasteiger partial charge in [0, 0.05) is 36.8 Å². The van der Waals surface area contributed by atoms with E-state index in [1.165, 1.54) is 0 Å². The summed E-state index contributed by atoms with van der Waals surface area (Å²) in [6, 6.07) is 0.678. The third-order valence-corrected chi connectivity index (χ3v) is 6.74. The van der Waals surface area contributed by atoms with Crippen LogP contribution in [0.5, 0.6) is 0 Å². The maximum absolute atomic E-state index is 12.8. The van der Waals surface area contributed by atoms with Crippen molar-refractivity contribution >= 4 is 17.7 Å². The summed E-state index contributed by atoms with van der Waals surface area (Å²) in [5, 5.41) is 11.3. The number of carbonyl (C=O) groups excluding carboxylic acids is 1. The minimum Gasteiger partial charge on any atom is -0.440 e. The Bertz CT molecular complexity index is 954. The van der Waals surface area contributed by atoms with Gasteiger partial charge in [0.1, 0.15) is 11.4 Å². The first-order valence-corrected chi connectivity index (χ1v) is 11.0. The molecule has 162 valence electrons. The topological polar surface area (TPSA) is 96.7 Å². The van der Waals surface area contributed by atoms with Crippen LogP contribution in [0.1, 0.15) is 63.8 Å². The van der Waals surface area contributed by atoms with Gasteiger partial charge in [-0.3, -0.25) is 0 Å². The minimum absolute atomic E-state index is 0.154. The van der Waals surface area contributed by atoms with Crippen molar-refractivity contribution in [2.24, 2.45) is 0 Å². The largest absolute Gasteiger partial charge is 0.440 e. The summed E-state index contributed by atoms with van der Waals surface area (Å²) in [5.74, 6) is 1.82. The van der Waals surface area contributed by atoms with Crippen LogP contribution >= 0.6 is 0 Å². The van der Waals surface area contributed by atoms with Gasteiger partial charge < -0.3 is 20.3 Å². The zero-order chi connectivity index (χ0) is 21.0. The number of anilines is 1. The molecule has 2 bridgehead atoms. The molecule has 2 unspecified atom stereocenters. The van der Waals surface area contributed by atoms with Gasteiger partial charge >= 0.3 is 6.09 Å². The number of rotatable bonds is 4. The van der Waals surface area contributed by atoms with Crippen molar-refractivity contribution < 1.29 is 9.53 Å². The Kier molecular flexibility index (Phi) is 4.61. The number of hydrogen-bond acceptors (Lipinski definition) is 7. The van der Waals surface area contributed by atoms with Crippen LogP contribution in [-0.2, 0) is 4.74 Å². The van der Waals surface area contributed by atoms with Crippen LogP contribution in [0.25, 0.3) is 5.65 Å². The molecular formula is C21H31N7O2. The monoisotopic (exact) mass is 413 g/mol. The fourth-order valence-corrected chi connectivity index (χ4v) is 5.09. The highest BCUT2D eigenvalue weighted by Crippen LogP contribution is 2.38. The summed E-state index contributed by atoms with van der Waals surface area (Å²) in [5.41, 5.74) is 1.63. The van der Waals surface area contributed by atoms with Gasteiger partial charge in [0.25, 0.3) is 0 Å². The Labute approximate surface area is 176 Å². The highest BCUT2D eigenvalue weighted by Gasteiger charge is 2.46. The van der Waals surface area contributed by atoms with E-state index >= 15 is 0 Å². The number of amides is 1. The second-order valence-electron chi connectivity index (χ2n) is 9.61. The molecular weight excluding hydrogens is 382 g/mol. The number of nitrogens with one attached hydrogen (secondary N) is 2. The van der Waals surface area contributed by atoms with E-state index in [2.05, 4.69) is 39.5 Å². The van der Waals surface area contributed by atoms with Crippen molar-refractivity contribution in [3.05, 3.63) is 17.6 Å². The smallest absolute Gasteiger partial charge is 0.410 e. The molecule has 9 nitrogen and oxygen atoms in total. The van der Waals surface area contributed by atoms with Crippen molar-refractivity contribution in [3.63, 3.8) is 0 Å². The molecule has 3 aliphatic heterocycles. The van der Waals surface area contributed by atoms with Gasteiger partial charge in [-0.2, -0.15) is 14.6 Å². The maximum atomic E-state index is 12.8. The van der Waals surface area contributed by atoms with Gasteiger partial charge in [-0.15, -0.1) is 0 Å². The molecule has 2 aromatic heterocycles. The number of nitrogens with zero attached hydrogens (tertiary/aromatic N) is 5. The lowest BCUT2D eigenvalue weighted by Crippen LogP contribution is -2.62. The van der Waals surface area contributed by atoms with Crippen LogP contribution in [0, 0.1) is 6.92 Å². The quantitative estimate of drug-likeness (QED) is 0.795. The molecule has 3 saturated heterocycles. The van der Waals surface area contributed by atoms with Crippen molar-refractivity contribution in [2.45, 2.75) is 83.0 Å². The molecule has 2 atom stereocenters. The van der Waals surface area contributed by atoms with Gasteiger partial charge in [-0.05, 0) is 45.4 Å². The molecule has 0 aromatic carbocycles. The molecule has 1 amide bonds. The average molecular weight is 414 g/mol. The lowest BCUT2D eigenvalue weighted by atomic mass is 9.97. The van der Waals surface area contributed by atoms with Gasteiger partial charge in [0.2, 0.25) is 5.95 Å². The van der Waals surface area contributed by atoms with E-state index < -0.39 is 0 Å². The first-order valence-electron chi connectivity index (χ1n) is 11.0. The van der Waals surface area contributed by atoms with E-state index in [0.717, 1.165) is 61.8 Å². The van der Waals surface area contributed by atoms with E-state index in [4.69, 9.17) is 4.74 Å². The SMILES string of the molecule is Cc1nc(NC2CC3CCC(C2)N3C(=O)OC2(C)CNC2)n2ncc(C(C)C)c2n1. The first kappa shape index (κ1) is 19.5. The molecule has 0 saturated carbocycles. The highest BCUT2D eigenvalue weighted by molar-refractivity contribution is 5.70. The molecule has 0 radical (unpaired) electrons. The number of aromatic nitrogens is 4. The standard InChI is InChI=1S/C21H31N7O2/c1-12(2)17-9-23-28-18(17)24-13(3)25-19(28)26-14-7-15-5-6-16(8-14)27(15)20(29)30-21(4)10-22-11-21/h9,12,14-16,22H,5-8,10-11H2,1-4H3,(H,24,25,26). The van der Waals surface area contributed by atoms with Crippen LogP contribution in [0.3, 0.4) is 0 Å². The number of hydrogen-bond donors (Lipinski definition) is 2. The number of ether oxygens (including phenoxy) is 1. The van der Waals surface area contributed by atoms with Gasteiger partial charge in [-0.1, -0.05) is 13.8 Å². The Morgan fingerprint density at radius 2 is 1.97 bits per heavy atom.